The summed E-state index contributed by atoms with van der Waals surface area (Å²) in [6.07, 6.45) is 0.754. The molecule has 16 heavy (non-hydrogen) atoms. The van der Waals surface area contributed by atoms with E-state index in [-0.39, 0.29) is 17.2 Å². The molecular weight excluding hydrogens is 202 g/mol. The van der Waals surface area contributed by atoms with Gasteiger partial charge in [-0.15, -0.1) is 0 Å². The van der Waals surface area contributed by atoms with Crippen molar-refractivity contribution in [2.24, 2.45) is 0 Å². The number of rotatable bonds is 1. The van der Waals surface area contributed by atoms with E-state index in [1.54, 1.807) is 0 Å². The van der Waals surface area contributed by atoms with Gasteiger partial charge in [-0.3, -0.25) is 14.9 Å². The second kappa shape index (κ2) is 3.74. The summed E-state index contributed by atoms with van der Waals surface area (Å²) in [5.74, 6) is -0.362. The summed E-state index contributed by atoms with van der Waals surface area (Å²) in [4.78, 5) is 22.8. The van der Waals surface area contributed by atoms with Gasteiger partial charge in [0.25, 0.3) is 0 Å². The maximum Gasteiger partial charge on any atom is 0.227 e. The lowest BCUT2D eigenvalue weighted by molar-refractivity contribution is -0.135. The van der Waals surface area contributed by atoms with E-state index in [2.05, 4.69) is 5.32 Å². The Morgan fingerprint density at radius 3 is 2.06 bits per heavy atom. The van der Waals surface area contributed by atoms with Crippen molar-refractivity contribution < 1.29 is 9.59 Å². The molecule has 0 spiro atoms. The molecule has 2 amide bonds. The zero-order valence-corrected chi connectivity index (χ0v) is 9.54. The van der Waals surface area contributed by atoms with E-state index in [4.69, 9.17) is 0 Å². The van der Waals surface area contributed by atoms with Crippen molar-refractivity contribution in [3.63, 3.8) is 0 Å². The van der Waals surface area contributed by atoms with E-state index < -0.39 is 0 Å². The third kappa shape index (κ3) is 1.98. The molecule has 0 radical (unpaired) electrons. The van der Waals surface area contributed by atoms with Crippen molar-refractivity contribution in [2.45, 2.75) is 32.1 Å². The Balaban J connectivity index is 2.33. The summed E-state index contributed by atoms with van der Waals surface area (Å²) < 4.78 is 0. The number of hydrogen-bond donors (Lipinski definition) is 1. The topological polar surface area (TPSA) is 46.2 Å². The summed E-state index contributed by atoms with van der Waals surface area (Å²) in [6.45, 7) is 3.99. The molecule has 1 heterocycles. The molecule has 0 aliphatic carbocycles. The normalized spacial score (nSPS) is 19.4. The molecule has 1 N–H and O–H groups in total. The Bertz CT molecular complexity index is 418. The van der Waals surface area contributed by atoms with Gasteiger partial charge in [-0.25, -0.2) is 0 Å². The van der Waals surface area contributed by atoms with E-state index in [0.717, 1.165) is 5.56 Å². The third-order valence-corrected chi connectivity index (χ3v) is 3.13. The molecule has 1 aromatic carbocycles. The van der Waals surface area contributed by atoms with Crippen LogP contribution in [0, 0.1) is 6.92 Å². The first kappa shape index (κ1) is 10.9. The molecule has 0 bridgehead atoms. The average molecular weight is 217 g/mol. The van der Waals surface area contributed by atoms with E-state index >= 15 is 0 Å². The van der Waals surface area contributed by atoms with Gasteiger partial charge in [0, 0.05) is 18.3 Å². The SMILES string of the molecule is Cc1ccc(C2(C)CC(=O)NC(=O)C2)cc1. The third-order valence-electron chi connectivity index (χ3n) is 3.13. The zero-order valence-electron chi connectivity index (χ0n) is 9.54. The van der Waals surface area contributed by atoms with Crippen LogP contribution in [0.3, 0.4) is 0 Å². The highest BCUT2D eigenvalue weighted by Crippen LogP contribution is 2.33. The molecule has 2 rings (SSSR count). The van der Waals surface area contributed by atoms with Crippen LogP contribution in [-0.4, -0.2) is 11.8 Å². The van der Waals surface area contributed by atoms with Gasteiger partial charge < -0.3 is 0 Å². The predicted molar refractivity (Wildman–Crippen MR) is 60.9 cm³/mol. The van der Waals surface area contributed by atoms with Crippen LogP contribution >= 0.6 is 0 Å². The monoisotopic (exact) mass is 217 g/mol. The van der Waals surface area contributed by atoms with Crippen molar-refractivity contribution in [1.29, 1.82) is 0 Å². The highest BCUT2D eigenvalue weighted by atomic mass is 16.2. The fraction of sp³-hybridized carbons (Fsp3) is 0.385. The Labute approximate surface area is 94.9 Å². The second-order valence-corrected chi connectivity index (χ2v) is 4.75. The molecule has 1 aromatic rings. The Kier molecular flexibility index (Phi) is 2.54. The maximum absolute atomic E-state index is 11.4. The lowest BCUT2D eigenvalue weighted by atomic mass is 9.74. The zero-order chi connectivity index (χ0) is 11.8. The predicted octanol–water partition coefficient (Wildman–Crippen LogP) is 1.69. The van der Waals surface area contributed by atoms with Crippen LogP contribution in [0.2, 0.25) is 0 Å². The first-order chi connectivity index (χ1) is 7.49. The number of imide groups is 1. The van der Waals surface area contributed by atoms with Crippen molar-refractivity contribution in [2.75, 3.05) is 0 Å². The van der Waals surface area contributed by atoms with Crippen LogP contribution in [0.15, 0.2) is 24.3 Å². The molecule has 84 valence electrons. The van der Waals surface area contributed by atoms with E-state index in [0.29, 0.717) is 12.8 Å². The van der Waals surface area contributed by atoms with Gasteiger partial charge in [0.1, 0.15) is 0 Å². The van der Waals surface area contributed by atoms with Crippen molar-refractivity contribution in [1.82, 2.24) is 5.32 Å². The average Bonchev–Trinajstić information content (AvgIpc) is 2.16. The smallest absolute Gasteiger partial charge is 0.227 e. The number of carbonyl (C=O) groups is 2. The lowest BCUT2D eigenvalue weighted by Crippen LogP contribution is -2.45. The van der Waals surface area contributed by atoms with Crippen LogP contribution in [-0.2, 0) is 15.0 Å². The van der Waals surface area contributed by atoms with Crippen molar-refractivity contribution in [3.8, 4) is 0 Å². The minimum atomic E-state index is -0.354. The molecular formula is C13H15NO2. The molecule has 1 saturated heterocycles. The summed E-state index contributed by atoms with van der Waals surface area (Å²) in [5, 5.41) is 2.34. The number of amides is 2. The van der Waals surface area contributed by atoms with Gasteiger partial charge >= 0.3 is 0 Å². The van der Waals surface area contributed by atoms with Crippen LogP contribution in [0.5, 0.6) is 0 Å². The molecule has 0 unspecified atom stereocenters. The standard InChI is InChI=1S/C13H15NO2/c1-9-3-5-10(6-4-9)13(2)7-11(15)14-12(16)8-13/h3-6H,7-8H2,1-2H3,(H,14,15,16). The number of hydrogen-bond acceptors (Lipinski definition) is 2. The van der Waals surface area contributed by atoms with Crippen LogP contribution in [0.25, 0.3) is 0 Å². The molecule has 3 nitrogen and oxygen atoms in total. The quantitative estimate of drug-likeness (QED) is 0.727. The minimum Gasteiger partial charge on any atom is -0.296 e. The molecule has 0 aromatic heterocycles. The molecule has 3 heteroatoms. The van der Waals surface area contributed by atoms with Crippen LogP contribution < -0.4 is 5.32 Å². The molecule has 1 fully saturated rings. The summed E-state index contributed by atoms with van der Waals surface area (Å²) in [5.41, 5.74) is 1.88. The fourth-order valence-corrected chi connectivity index (χ4v) is 2.18. The molecule has 0 saturated carbocycles. The molecule has 1 aliphatic rings. The number of aryl methyl sites for hydroxylation is 1. The lowest BCUT2D eigenvalue weighted by Gasteiger charge is -2.32. The summed E-state index contributed by atoms with van der Waals surface area (Å²) >= 11 is 0. The van der Waals surface area contributed by atoms with Gasteiger partial charge in [0.05, 0.1) is 0 Å². The summed E-state index contributed by atoms with van der Waals surface area (Å²) in [6, 6.07) is 8.03. The number of benzene rings is 1. The van der Waals surface area contributed by atoms with Crippen LogP contribution in [0.4, 0.5) is 0 Å². The first-order valence-corrected chi connectivity index (χ1v) is 5.39. The van der Waals surface area contributed by atoms with Crippen molar-refractivity contribution in [3.05, 3.63) is 35.4 Å². The van der Waals surface area contributed by atoms with Gasteiger partial charge in [-0.05, 0) is 12.5 Å². The van der Waals surface area contributed by atoms with E-state index in [1.807, 2.05) is 38.1 Å². The van der Waals surface area contributed by atoms with Gasteiger partial charge in [-0.1, -0.05) is 36.8 Å². The van der Waals surface area contributed by atoms with Gasteiger partial charge in [-0.2, -0.15) is 0 Å². The Hall–Kier alpha value is -1.64. The molecule has 1 aliphatic heterocycles. The number of nitrogens with one attached hydrogen (secondary N) is 1. The highest BCUT2D eigenvalue weighted by Gasteiger charge is 2.36. The first-order valence-electron chi connectivity index (χ1n) is 5.39. The summed E-state index contributed by atoms with van der Waals surface area (Å²) in [7, 11) is 0. The molecule has 0 atom stereocenters. The van der Waals surface area contributed by atoms with Crippen LogP contribution in [0.1, 0.15) is 30.9 Å². The fourth-order valence-electron chi connectivity index (χ4n) is 2.18. The van der Waals surface area contributed by atoms with Gasteiger partial charge in [0.15, 0.2) is 0 Å². The second-order valence-electron chi connectivity index (χ2n) is 4.75. The largest absolute Gasteiger partial charge is 0.296 e. The Morgan fingerprint density at radius 1 is 1.06 bits per heavy atom. The number of carbonyl (C=O) groups excluding carboxylic acids is 2. The van der Waals surface area contributed by atoms with Gasteiger partial charge in [0.2, 0.25) is 11.8 Å². The maximum atomic E-state index is 11.4. The Morgan fingerprint density at radius 2 is 1.56 bits per heavy atom. The highest BCUT2D eigenvalue weighted by molar-refractivity contribution is 5.99. The van der Waals surface area contributed by atoms with E-state index in [1.165, 1.54) is 5.56 Å². The minimum absolute atomic E-state index is 0.181. The van der Waals surface area contributed by atoms with Crippen molar-refractivity contribution >= 4 is 11.8 Å². The van der Waals surface area contributed by atoms with E-state index in [9.17, 15) is 9.59 Å². The number of piperidine rings is 1.